The summed E-state index contributed by atoms with van der Waals surface area (Å²) in [5, 5.41) is 11.8. The fraction of sp³-hybridized carbons (Fsp3) is 0.560. The van der Waals surface area contributed by atoms with Gasteiger partial charge in [-0.05, 0) is 60.1 Å². The summed E-state index contributed by atoms with van der Waals surface area (Å²) in [6, 6.07) is 10.4. The molecule has 30 heavy (non-hydrogen) atoms. The second kappa shape index (κ2) is 8.39. The predicted octanol–water partition coefficient (Wildman–Crippen LogP) is 5.99. The standard InChI is InChI=1S/C25H32ClNO3/c1-25(2,3)19-6-8-20(9-7-19)30-22-11-5-17-12-16(4-10-21(17)23(22)26)13-27-14-18(15-27)24(28)29/h4-5,10-12,18-20H,6-9,13-15H2,1-3H3,(H,28,29). The van der Waals surface area contributed by atoms with Crippen molar-refractivity contribution in [2.24, 2.45) is 17.3 Å². The zero-order valence-corrected chi connectivity index (χ0v) is 18.9. The van der Waals surface area contributed by atoms with Crippen molar-refractivity contribution in [1.29, 1.82) is 0 Å². The lowest BCUT2D eigenvalue weighted by Gasteiger charge is -2.37. The number of fused-ring (bicyclic) bond motifs is 1. The fourth-order valence-corrected chi connectivity index (χ4v) is 5.13. The molecular formula is C25H32ClNO3. The van der Waals surface area contributed by atoms with Crippen molar-refractivity contribution >= 4 is 28.3 Å². The molecule has 1 heterocycles. The van der Waals surface area contributed by atoms with Crippen LogP contribution in [0.15, 0.2) is 30.3 Å². The van der Waals surface area contributed by atoms with Crippen LogP contribution in [0.5, 0.6) is 5.75 Å². The van der Waals surface area contributed by atoms with E-state index in [1.54, 1.807) is 0 Å². The molecule has 1 aliphatic heterocycles. The second-order valence-electron chi connectivity index (χ2n) is 10.1. The number of rotatable bonds is 5. The van der Waals surface area contributed by atoms with Crippen LogP contribution in [0.2, 0.25) is 5.02 Å². The van der Waals surface area contributed by atoms with E-state index in [0.717, 1.165) is 41.8 Å². The highest BCUT2D eigenvalue weighted by molar-refractivity contribution is 6.37. The van der Waals surface area contributed by atoms with E-state index >= 15 is 0 Å². The number of carbonyl (C=O) groups is 1. The molecule has 2 aromatic carbocycles. The van der Waals surface area contributed by atoms with Gasteiger partial charge in [0.25, 0.3) is 0 Å². The Kier molecular flexibility index (Phi) is 6.00. The van der Waals surface area contributed by atoms with E-state index in [0.29, 0.717) is 23.5 Å². The molecule has 1 aliphatic carbocycles. The number of aliphatic carboxylic acids is 1. The highest BCUT2D eigenvalue weighted by atomic mass is 35.5. The number of benzene rings is 2. The Morgan fingerprint density at radius 1 is 1.13 bits per heavy atom. The van der Waals surface area contributed by atoms with E-state index in [2.05, 4.69) is 49.9 Å². The van der Waals surface area contributed by atoms with E-state index in [9.17, 15) is 4.79 Å². The van der Waals surface area contributed by atoms with Gasteiger partial charge in [-0.2, -0.15) is 0 Å². The summed E-state index contributed by atoms with van der Waals surface area (Å²) in [5.74, 6) is 0.622. The molecule has 0 amide bonds. The van der Waals surface area contributed by atoms with E-state index in [-0.39, 0.29) is 12.0 Å². The molecule has 2 aromatic rings. The summed E-state index contributed by atoms with van der Waals surface area (Å²) in [4.78, 5) is 13.1. The largest absolute Gasteiger partial charge is 0.489 e. The van der Waals surface area contributed by atoms with Crippen molar-refractivity contribution in [2.75, 3.05) is 13.1 Å². The van der Waals surface area contributed by atoms with Crippen LogP contribution in [0, 0.1) is 17.3 Å². The van der Waals surface area contributed by atoms with E-state index in [1.165, 1.54) is 18.4 Å². The molecule has 0 radical (unpaired) electrons. The first-order chi connectivity index (χ1) is 14.2. The van der Waals surface area contributed by atoms with Gasteiger partial charge in [0.05, 0.1) is 17.0 Å². The first-order valence-corrected chi connectivity index (χ1v) is 11.4. The van der Waals surface area contributed by atoms with Crippen molar-refractivity contribution in [2.45, 2.75) is 59.1 Å². The first kappa shape index (κ1) is 21.5. The van der Waals surface area contributed by atoms with Gasteiger partial charge in [-0.15, -0.1) is 0 Å². The predicted molar refractivity (Wildman–Crippen MR) is 121 cm³/mol. The number of hydrogen-bond donors (Lipinski definition) is 1. The van der Waals surface area contributed by atoms with Crippen LogP contribution in [-0.2, 0) is 11.3 Å². The van der Waals surface area contributed by atoms with Gasteiger partial charge in [-0.3, -0.25) is 9.69 Å². The Morgan fingerprint density at radius 3 is 2.47 bits per heavy atom. The lowest BCUT2D eigenvalue weighted by Crippen LogP contribution is -2.49. The highest BCUT2D eigenvalue weighted by Crippen LogP contribution is 2.40. The number of hydrogen-bond acceptors (Lipinski definition) is 3. The van der Waals surface area contributed by atoms with Crippen LogP contribution in [0.4, 0.5) is 0 Å². The zero-order valence-electron chi connectivity index (χ0n) is 18.2. The Labute approximate surface area is 184 Å². The average molecular weight is 430 g/mol. The molecule has 1 saturated heterocycles. The summed E-state index contributed by atoms with van der Waals surface area (Å²) in [6.45, 7) is 9.02. The Bertz CT molecular complexity index is 922. The topological polar surface area (TPSA) is 49.8 Å². The Balaban J connectivity index is 1.40. The number of ether oxygens (including phenoxy) is 1. The molecule has 4 nitrogen and oxygen atoms in total. The van der Waals surface area contributed by atoms with Crippen LogP contribution in [0.25, 0.3) is 10.8 Å². The minimum absolute atomic E-state index is 0.224. The molecule has 162 valence electrons. The number of nitrogens with zero attached hydrogens (tertiary/aromatic N) is 1. The van der Waals surface area contributed by atoms with E-state index < -0.39 is 5.97 Å². The summed E-state index contributed by atoms with van der Waals surface area (Å²) < 4.78 is 6.31. The number of carboxylic acids is 1. The summed E-state index contributed by atoms with van der Waals surface area (Å²) in [6.07, 6.45) is 4.83. The smallest absolute Gasteiger partial charge is 0.309 e. The minimum Gasteiger partial charge on any atom is -0.489 e. The normalized spacial score (nSPS) is 23.3. The third-order valence-electron chi connectivity index (χ3n) is 6.89. The van der Waals surface area contributed by atoms with E-state index in [4.69, 9.17) is 21.4 Å². The molecule has 0 atom stereocenters. The number of halogens is 1. The highest BCUT2D eigenvalue weighted by Gasteiger charge is 2.32. The van der Waals surface area contributed by atoms with Crippen molar-refractivity contribution in [3.63, 3.8) is 0 Å². The van der Waals surface area contributed by atoms with Gasteiger partial charge >= 0.3 is 5.97 Å². The summed E-state index contributed by atoms with van der Waals surface area (Å²) >= 11 is 6.71. The van der Waals surface area contributed by atoms with Crippen LogP contribution >= 0.6 is 11.6 Å². The molecule has 0 aromatic heterocycles. The van der Waals surface area contributed by atoms with Gasteiger partial charge in [0, 0.05) is 25.0 Å². The second-order valence-corrected chi connectivity index (χ2v) is 10.5. The fourth-order valence-electron chi connectivity index (χ4n) is 4.85. The van der Waals surface area contributed by atoms with Gasteiger partial charge in [0.1, 0.15) is 5.75 Å². The maximum Gasteiger partial charge on any atom is 0.309 e. The van der Waals surface area contributed by atoms with Crippen LogP contribution in [0.1, 0.15) is 52.0 Å². The molecule has 1 saturated carbocycles. The average Bonchev–Trinajstić information content (AvgIpc) is 2.66. The van der Waals surface area contributed by atoms with Crippen molar-refractivity contribution < 1.29 is 14.6 Å². The molecule has 2 fully saturated rings. The van der Waals surface area contributed by atoms with Gasteiger partial charge in [0.2, 0.25) is 0 Å². The number of likely N-dealkylation sites (tertiary alicyclic amines) is 1. The zero-order chi connectivity index (χ0) is 21.5. The van der Waals surface area contributed by atoms with Gasteiger partial charge in [-0.25, -0.2) is 0 Å². The lowest BCUT2D eigenvalue weighted by molar-refractivity contribution is -0.147. The maximum atomic E-state index is 11.0. The molecule has 4 rings (SSSR count). The molecule has 0 spiro atoms. The van der Waals surface area contributed by atoms with Gasteiger partial charge in [0.15, 0.2) is 0 Å². The van der Waals surface area contributed by atoms with Crippen molar-refractivity contribution in [1.82, 2.24) is 4.90 Å². The molecular weight excluding hydrogens is 398 g/mol. The monoisotopic (exact) mass is 429 g/mol. The van der Waals surface area contributed by atoms with Crippen LogP contribution in [-0.4, -0.2) is 35.2 Å². The summed E-state index contributed by atoms with van der Waals surface area (Å²) in [7, 11) is 0. The van der Waals surface area contributed by atoms with Crippen molar-refractivity contribution in [3.05, 3.63) is 40.9 Å². The maximum absolute atomic E-state index is 11.0. The van der Waals surface area contributed by atoms with E-state index in [1.807, 2.05) is 6.07 Å². The Hall–Kier alpha value is -1.78. The van der Waals surface area contributed by atoms with Gasteiger partial charge in [-0.1, -0.05) is 50.6 Å². The SMILES string of the molecule is CC(C)(C)C1CCC(Oc2ccc3cc(CN4CC(C(=O)O)C4)ccc3c2Cl)CC1. The first-order valence-electron chi connectivity index (χ1n) is 11.0. The van der Waals surface area contributed by atoms with Gasteiger partial charge < -0.3 is 9.84 Å². The molecule has 0 bridgehead atoms. The van der Waals surface area contributed by atoms with Crippen molar-refractivity contribution in [3.8, 4) is 5.75 Å². The Morgan fingerprint density at radius 2 is 1.83 bits per heavy atom. The summed E-state index contributed by atoms with van der Waals surface area (Å²) in [5.41, 5.74) is 1.55. The molecule has 2 aliphatic rings. The quantitative estimate of drug-likeness (QED) is 0.633. The lowest BCUT2D eigenvalue weighted by atomic mass is 9.72. The number of carboxylic acid groups (broad SMARTS) is 1. The third-order valence-corrected chi connectivity index (χ3v) is 7.28. The van der Waals surface area contributed by atoms with Crippen LogP contribution < -0.4 is 4.74 Å². The molecule has 1 N–H and O–H groups in total. The van der Waals surface area contributed by atoms with Crippen LogP contribution in [0.3, 0.4) is 0 Å². The minimum atomic E-state index is -0.698. The molecule has 5 heteroatoms. The molecule has 0 unspecified atom stereocenters. The third kappa shape index (κ3) is 4.60.